The third-order valence-electron chi connectivity index (χ3n) is 4.84. The number of aromatic nitrogens is 4. The molecule has 0 spiro atoms. The maximum atomic E-state index is 5.40. The van der Waals surface area contributed by atoms with Crippen LogP contribution in [0.4, 0.5) is 0 Å². The number of hydrogen-bond donors (Lipinski definition) is 0. The van der Waals surface area contributed by atoms with Crippen LogP contribution in [0.15, 0.2) is 28.8 Å². The van der Waals surface area contributed by atoms with Crippen LogP contribution in [-0.2, 0) is 13.6 Å². The third-order valence-corrected chi connectivity index (χ3v) is 4.84. The first kappa shape index (κ1) is 15.3. The molecule has 1 aliphatic rings. The van der Waals surface area contributed by atoms with Crippen LogP contribution >= 0.6 is 0 Å². The number of rotatable bonds is 4. The van der Waals surface area contributed by atoms with Gasteiger partial charge in [0.15, 0.2) is 5.82 Å². The number of aryl methyl sites for hydroxylation is 1. The smallest absolute Gasteiger partial charge is 0.229 e. The third kappa shape index (κ3) is 2.60. The second kappa shape index (κ2) is 6.02. The van der Waals surface area contributed by atoms with Gasteiger partial charge in [0.2, 0.25) is 5.89 Å². The first-order chi connectivity index (χ1) is 11.6. The van der Waals surface area contributed by atoms with E-state index in [0.717, 1.165) is 49.0 Å². The van der Waals surface area contributed by atoms with Gasteiger partial charge in [0, 0.05) is 13.0 Å². The molecule has 0 bridgehead atoms. The Hall–Kier alpha value is -2.21. The monoisotopic (exact) mass is 325 g/mol. The Balaban J connectivity index is 1.59. The van der Waals surface area contributed by atoms with Crippen LogP contribution in [0.1, 0.15) is 56.2 Å². The summed E-state index contributed by atoms with van der Waals surface area (Å²) in [5, 5.41) is 4.22. The summed E-state index contributed by atoms with van der Waals surface area (Å²) in [7, 11) is 2.08. The molecule has 1 saturated heterocycles. The molecule has 1 aliphatic heterocycles. The minimum Gasteiger partial charge on any atom is -0.339 e. The fraction of sp³-hybridized carbons (Fsp3) is 0.500. The van der Waals surface area contributed by atoms with E-state index in [9.17, 15) is 0 Å². The largest absolute Gasteiger partial charge is 0.339 e. The lowest BCUT2D eigenvalue weighted by molar-refractivity contribution is 0.226. The van der Waals surface area contributed by atoms with Crippen LogP contribution in [0, 0.1) is 0 Å². The van der Waals surface area contributed by atoms with Gasteiger partial charge in [-0.1, -0.05) is 31.1 Å². The Labute approximate surface area is 141 Å². The summed E-state index contributed by atoms with van der Waals surface area (Å²) in [6.07, 6.45) is 2.22. The van der Waals surface area contributed by atoms with Crippen LogP contribution in [-0.4, -0.2) is 31.1 Å². The Bertz CT molecular complexity index is 850. The summed E-state index contributed by atoms with van der Waals surface area (Å²) in [4.78, 5) is 11.8. The van der Waals surface area contributed by atoms with Gasteiger partial charge in [0.1, 0.15) is 5.82 Å². The summed E-state index contributed by atoms with van der Waals surface area (Å²) < 4.78 is 7.58. The van der Waals surface area contributed by atoms with Gasteiger partial charge < -0.3 is 9.09 Å². The molecule has 0 amide bonds. The Morgan fingerprint density at radius 2 is 2.08 bits per heavy atom. The van der Waals surface area contributed by atoms with E-state index in [1.807, 2.05) is 6.07 Å². The lowest BCUT2D eigenvalue weighted by atomic mass is 10.2. The van der Waals surface area contributed by atoms with Gasteiger partial charge in [-0.3, -0.25) is 4.90 Å². The average Bonchev–Trinajstić information content (AvgIpc) is 3.28. The summed E-state index contributed by atoms with van der Waals surface area (Å²) in [5.41, 5.74) is 2.22. The van der Waals surface area contributed by atoms with Crippen LogP contribution < -0.4 is 0 Å². The zero-order valence-corrected chi connectivity index (χ0v) is 14.4. The van der Waals surface area contributed by atoms with Crippen LogP contribution in [0.2, 0.25) is 0 Å². The van der Waals surface area contributed by atoms with E-state index >= 15 is 0 Å². The molecule has 0 saturated carbocycles. The molecule has 1 atom stereocenters. The molecule has 126 valence electrons. The number of benzene rings is 1. The van der Waals surface area contributed by atoms with Crippen molar-refractivity contribution in [3.63, 3.8) is 0 Å². The van der Waals surface area contributed by atoms with Gasteiger partial charge in [-0.15, -0.1) is 0 Å². The maximum Gasteiger partial charge on any atom is 0.229 e. The van der Waals surface area contributed by atoms with Crippen LogP contribution in [0.25, 0.3) is 11.0 Å². The highest BCUT2D eigenvalue weighted by atomic mass is 16.5. The van der Waals surface area contributed by atoms with E-state index < -0.39 is 0 Å². The lowest BCUT2D eigenvalue weighted by Gasteiger charge is -2.21. The van der Waals surface area contributed by atoms with E-state index in [-0.39, 0.29) is 12.0 Å². The van der Waals surface area contributed by atoms with Gasteiger partial charge in [0.05, 0.1) is 23.6 Å². The molecule has 24 heavy (non-hydrogen) atoms. The van der Waals surface area contributed by atoms with Gasteiger partial charge in [0.25, 0.3) is 0 Å². The Morgan fingerprint density at radius 1 is 1.25 bits per heavy atom. The number of imidazole rings is 1. The summed E-state index contributed by atoms with van der Waals surface area (Å²) in [5.74, 6) is 2.88. The highest BCUT2D eigenvalue weighted by Crippen LogP contribution is 2.32. The zero-order valence-electron chi connectivity index (χ0n) is 14.4. The Morgan fingerprint density at radius 3 is 2.83 bits per heavy atom. The number of nitrogens with zero attached hydrogens (tertiary/aromatic N) is 5. The van der Waals surface area contributed by atoms with Crippen LogP contribution in [0.5, 0.6) is 0 Å². The summed E-state index contributed by atoms with van der Waals surface area (Å²) >= 11 is 0. The minimum absolute atomic E-state index is 0.223. The van der Waals surface area contributed by atoms with Crippen molar-refractivity contribution in [3.05, 3.63) is 41.8 Å². The molecule has 6 heteroatoms. The van der Waals surface area contributed by atoms with Gasteiger partial charge in [-0.05, 0) is 31.5 Å². The predicted molar refractivity (Wildman–Crippen MR) is 91.5 cm³/mol. The van der Waals surface area contributed by atoms with Crippen molar-refractivity contribution < 1.29 is 4.52 Å². The molecule has 6 nitrogen and oxygen atoms in total. The Kier molecular flexibility index (Phi) is 3.84. The predicted octanol–water partition coefficient (Wildman–Crippen LogP) is 3.42. The summed E-state index contributed by atoms with van der Waals surface area (Å²) in [6, 6.07) is 8.49. The normalized spacial score (nSPS) is 18.9. The van der Waals surface area contributed by atoms with Crippen molar-refractivity contribution in [1.29, 1.82) is 0 Å². The molecule has 1 fully saturated rings. The quantitative estimate of drug-likeness (QED) is 0.735. The number of para-hydroxylation sites is 2. The SMILES string of the molecule is CC(C)c1nc([C@H]2CCCN2Cc2nc3ccccc3n2C)no1. The second-order valence-corrected chi connectivity index (χ2v) is 6.85. The molecule has 3 heterocycles. The lowest BCUT2D eigenvalue weighted by Crippen LogP contribution is -2.25. The van der Waals surface area contributed by atoms with Crippen molar-refractivity contribution in [2.45, 2.75) is 45.2 Å². The first-order valence-corrected chi connectivity index (χ1v) is 8.61. The highest BCUT2D eigenvalue weighted by Gasteiger charge is 2.31. The number of fused-ring (bicyclic) bond motifs is 1. The minimum atomic E-state index is 0.223. The molecule has 0 aliphatic carbocycles. The maximum absolute atomic E-state index is 5.40. The van der Waals surface area contributed by atoms with Crippen molar-refractivity contribution in [2.24, 2.45) is 7.05 Å². The summed E-state index contributed by atoms with van der Waals surface area (Å²) in [6.45, 7) is 5.99. The van der Waals surface area contributed by atoms with Gasteiger partial charge in [-0.25, -0.2) is 4.98 Å². The fourth-order valence-electron chi connectivity index (χ4n) is 3.44. The molecular weight excluding hydrogens is 302 g/mol. The van der Waals surface area contributed by atoms with Crippen molar-refractivity contribution in [1.82, 2.24) is 24.6 Å². The first-order valence-electron chi connectivity index (χ1n) is 8.61. The standard InChI is InChI=1S/C18H23N5O/c1-12(2)18-20-17(21-24-18)15-9-6-10-23(15)11-16-19-13-7-4-5-8-14(13)22(16)3/h4-5,7-8,12,15H,6,9-11H2,1-3H3/t15-/m1/s1. The van der Waals surface area contributed by atoms with E-state index in [0.29, 0.717) is 0 Å². The highest BCUT2D eigenvalue weighted by molar-refractivity contribution is 5.75. The van der Waals surface area contributed by atoms with E-state index in [1.165, 1.54) is 5.52 Å². The topological polar surface area (TPSA) is 60.0 Å². The van der Waals surface area contributed by atoms with E-state index in [1.54, 1.807) is 0 Å². The molecule has 0 N–H and O–H groups in total. The molecule has 2 aromatic heterocycles. The molecule has 1 aromatic carbocycles. The van der Waals surface area contributed by atoms with E-state index in [4.69, 9.17) is 9.51 Å². The number of likely N-dealkylation sites (tertiary alicyclic amines) is 1. The second-order valence-electron chi connectivity index (χ2n) is 6.85. The van der Waals surface area contributed by atoms with Crippen molar-refractivity contribution >= 4 is 11.0 Å². The van der Waals surface area contributed by atoms with Gasteiger partial charge in [-0.2, -0.15) is 4.98 Å². The average molecular weight is 325 g/mol. The van der Waals surface area contributed by atoms with Crippen LogP contribution in [0.3, 0.4) is 0 Å². The molecular formula is C18H23N5O. The molecule has 3 aromatic rings. The van der Waals surface area contributed by atoms with Crippen molar-refractivity contribution in [3.8, 4) is 0 Å². The van der Waals surface area contributed by atoms with Gasteiger partial charge >= 0.3 is 0 Å². The number of hydrogen-bond acceptors (Lipinski definition) is 5. The molecule has 0 unspecified atom stereocenters. The molecule has 0 radical (unpaired) electrons. The van der Waals surface area contributed by atoms with Crippen molar-refractivity contribution in [2.75, 3.05) is 6.54 Å². The fourth-order valence-corrected chi connectivity index (χ4v) is 3.44. The zero-order chi connectivity index (χ0) is 16.7. The van der Waals surface area contributed by atoms with E-state index in [2.05, 4.69) is 58.7 Å². The molecule has 4 rings (SSSR count).